The Morgan fingerprint density at radius 3 is 2.59 bits per heavy atom. The highest BCUT2D eigenvalue weighted by Gasteiger charge is 2.11. The lowest BCUT2D eigenvalue weighted by atomic mass is 9.95. The van der Waals surface area contributed by atoms with E-state index in [1.54, 1.807) is 6.08 Å². The highest BCUT2D eigenvalue weighted by atomic mass is 16.1. The van der Waals surface area contributed by atoms with Crippen molar-refractivity contribution >= 4 is 5.91 Å². The molecular weight excluding hydrogens is 210 g/mol. The molecule has 1 N–H and O–H groups in total. The van der Waals surface area contributed by atoms with Crippen LogP contribution in [-0.2, 0) is 4.79 Å². The Morgan fingerprint density at radius 2 is 2.00 bits per heavy atom. The summed E-state index contributed by atoms with van der Waals surface area (Å²) >= 11 is 0. The Bertz CT molecular complexity index is 370. The van der Waals surface area contributed by atoms with Crippen LogP contribution in [0.25, 0.3) is 0 Å². The predicted molar refractivity (Wildman–Crippen MR) is 71.8 cm³/mol. The summed E-state index contributed by atoms with van der Waals surface area (Å²) in [5, 5.41) is 2.86. The second-order valence-electron chi connectivity index (χ2n) is 3.88. The topological polar surface area (TPSA) is 29.1 Å². The maximum Gasteiger partial charge on any atom is 0.220 e. The van der Waals surface area contributed by atoms with Crippen molar-refractivity contribution in [3.63, 3.8) is 0 Å². The van der Waals surface area contributed by atoms with E-state index in [9.17, 15) is 4.79 Å². The van der Waals surface area contributed by atoms with Crippen molar-refractivity contribution in [3.8, 4) is 0 Å². The van der Waals surface area contributed by atoms with Crippen LogP contribution in [0.4, 0.5) is 0 Å². The van der Waals surface area contributed by atoms with Crippen molar-refractivity contribution < 1.29 is 4.79 Å². The summed E-state index contributed by atoms with van der Waals surface area (Å²) in [6, 6.07) is 9.95. The van der Waals surface area contributed by atoms with Crippen LogP contribution in [0.3, 0.4) is 0 Å². The summed E-state index contributed by atoms with van der Waals surface area (Å²) in [6.07, 6.45) is 4.87. The van der Waals surface area contributed by atoms with Gasteiger partial charge in [-0.3, -0.25) is 4.79 Å². The van der Waals surface area contributed by atoms with Crippen molar-refractivity contribution in [1.82, 2.24) is 5.32 Å². The minimum Gasteiger partial charge on any atom is -0.356 e. The summed E-state index contributed by atoms with van der Waals surface area (Å²) in [6.45, 7) is 8.06. The Kier molecular flexibility index (Phi) is 5.80. The molecule has 0 saturated heterocycles. The third-order valence-corrected chi connectivity index (χ3v) is 2.59. The molecule has 1 rings (SSSR count). The number of carbonyl (C=O) groups excluding carboxylic acids is 1. The molecule has 0 heterocycles. The summed E-state index contributed by atoms with van der Waals surface area (Å²) < 4.78 is 0. The van der Waals surface area contributed by atoms with Gasteiger partial charge in [0.2, 0.25) is 5.91 Å². The fourth-order valence-electron chi connectivity index (χ4n) is 1.62. The molecule has 2 nitrogen and oxygen atoms in total. The van der Waals surface area contributed by atoms with Crippen molar-refractivity contribution in [3.05, 3.63) is 61.2 Å². The fraction of sp³-hybridized carbons (Fsp3) is 0.267. The van der Waals surface area contributed by atoms with E-state index < -0.39 is 0 Å². The summed E-state index contributed by atoms with van der Waals surface area (Å²) in [7, 11) is 0. The molecule has 0 saturated carbocycles. The molecule has 17 heavy (non-hydrogen) atoms. The van der Waals surface area contributed by atoms with Crippen LogP contribution in [-0.4, -0.2) is 12.5 Å². The van der Waals surface area contributed by atoms with E-state index in [4.69, 9.17) is 0 Å². The third kappa shape index (κ3) is 4.68. The van der Waals surface area contributed by atoms with Gasteiger partial charge in [-0.1, -0.05) is 42.5 Å². The van der Waals surface area contributed by atoms with Crippen LogP contribution < -0.4 is 5.32 Å². The van der Waals surface area contributed by atoms with Crippen LogP contribution in [0.15, 0.2) is 55.6 Å². The number of benzene rings is 1. The molecule has 90 valence electrons. The average Bonchev–Trinajstić information content (AvgIpc) is 2.37. The van der Waals surface area contributed by atoms with Gasteiger partial charge in [0, 0.05) is 18.9 Å². The SMILES string of the molecule is C=CCCNC(=O)CC(C=C)c1ccccc1. The number of rotatable bonds is 7. The highest BCUT2D eigenvalue weighted by Crippen LogP contribution is 2.20. The first-order valence-corrected chi connectivity index (χ1v) is 5.83. The maximum atomic E-state index is 11.7. The molecule has 1 aromatic rings. The van der Waals surface area contributed by atoms with Gasteiger partial charge in [-0.05, 0) is 12.0 Å². The van der Waals surface area contributed by atoms with Gasteiger partial charge in [0.25, 0.3) is 0 Å². The van der Waals surface area contributed by atoms with Gasteiger partial charge in [0.05, 0.1) is 0 Å². The summed E-state index contributed by atoms with van der Waals surface area (Å²) in [4.78, 5) is 11.7. The minimum atomic E-state index is 0.0561. The van der Waals surface area contributed by atoms with E-state index in [1.165, 1.54) is 0 Å². The van der Waals surface area contributed by atoms with Gasteiger partial charge in [-0.2, -0.15) is 0 Å². The molecule has 1 amide bonds. The number of hydrogen-bond donors (Lipinski definition) is 1. The maximum absolute atomic E-state index is 11.7. The Morgan fingerprint density at radius 1 is 1.29 bits per heavy atom. The molecule has 1 unspecified atom stereocenters. The van der Waals surface area contributed by atoms with Crippen LogP contribution in [0.5, 0.6) is 0 Å². The van der Waals surface area contributed by atoms with E-state index >= 15 is 0 Å². The van der Waals surface area contributed by atoms with Gasteiger partial charge >= 0.3 is 0 Å². The van der Waals surface area contributed by atoms with E-state index in [1.807, 2.05) is 36.4 Å². The molecule has 0 aliphatic heterocycles. The quantitative estimate of drug-likeness (QED) is 0.565. The number of nitrogens with one attached hydrogen (secondary N) is 1. The van der Waals surface area contributed by atoms with Crippen LogP contribution in [0.1, 0.15) is 24.3 Å². The number of allylic oxidation sites excluding steroid dienone is 1. The molecule has 2 heteroatoms. The largest absolute Gasteiger partial charge is 0.356 e. The lowest BCUT2D eigenvalue weighted by Gasteiger charge is -2.12. The van der Waals surface area contributed by atoms with Gasteiger partial charge in [-0.25, -0.2) is 0 Å². The van der Waals surface area contributed by atoms with Crippen LogP contribution in [0.2, 0.25) is 0 Å². The first kappa shape index (κ1) is 13.2. The van der Waals surface area contributed by atoms with E-state index in [0.29, 0.717) is 13.0 Å². The zero-order chi connectivity index (χ0) is 12.5. The molecule has 0 aliphatic rings. The van der Waals surface area contributed by atoms with Gasteiger partial charge in [-0.15, -0.1) is 13.2 Å². The van der Waals surface area contributed by atoms with Crippen molar-refractivity contribution in [1.29, 1.82) is 0 Å². The van der Waals surface area contributed by atoms with Crippen LogP contribution >= 0.6 is 0 Å². The third-order valence-electron chi connectivity index (χ3n) is 2.59. The molecule has 0 spiro atoms. The Hall–Kier alpha value is -1.83. The monoisotopic (exact) mass is 229 g/mol. The Balaban J connectivity index is 2.50. The van der Waals surface area contributed by atoms with Crippen LogP contribution in [0, 0.1) is 0 Å². The highest BCUT2D eigenvalue weighted by molar-refractivity contribution is 5.77. The molecule has 1 atom stereocenters. The van der Waals surface area contributed by atoms with E-state index in [2.05, 4.69) is 18.5 Å². The van der Waals surface area contributed by atoms with E-state index in [-0.39, 0.29) is 11.8 Å². The minimum absolute atomic E-state index is 0.0561. The second kappa shape index (κ2) is 7.44. The number of carbonyl (C=O) groups is 1. The van der Waals surface area contributed by atoms with E-state index in [0.717, 1.165) is 12.0 Å². The molecule has 0 fully saturated rings. The predicted octanol–water partition coefficient (Wildman–Crippen LogP) is 3.04. The molecule has 0 aliphatic carbocycles. The number of amides is 1. The zero-order valence-corrected chi connectivity index (χ0v) is 10.1. The average molecular weight is 229 g/mol. The standard InChI is InChI=1S/C15H19NO/c1-3-5-11-16-15(17)12-13(4-2)14-9-7-6-8-10-14/h3-4,6-10,13H,1-2,5,11-12H2,(H,16,17). The number of hydrogen-bond acceptors (Lipinski definition) is 1. The normalized spacial score (nSPS) is 11.5. The molecule has 1 aromatic carbocycles. The molecular formula is C15H19NO. The van der Waals surface area contributed by atoms with Crippen molar-refractivity contribution in [2.24, 2.45) is 0 Å². The molecule has 0 bridgehead atoms. The lowest BCUT2D eigenvalue weighted by molar-refractivity contribution is -0.121. The molecule has 0 radical (unpaired) electrons. The smallest absolute Gasteiger partial charge is 0.220 e. The zero-order valence-electron chi connectivity index (χ0n) is 10.1. The lowest BCUT2D eigenvalue weighted by Crippen LogP contribution is -2.25. The Labute approximate surface area is 103 Å². The van der Waals surface area contributed by atoms with Gasteiger partial charge < -0.3 is 5.32 Å². The summed E-state index contributed by atoms with van der Waals surface area (Å²) in [5.74, 6) is 0.139. The molecule has 0 aromatic heterocycles. The fourth-order valence-corrected chi connectivity index (χ4v) is 1.62. The first-order chi connectivity index (χ1) is 8.27. The second-order valence-corrected chi connectivity index (χ2v) is 3.88. The van der Waals surface area contributed by atoms with Crippen molar-refractivity contribution in [2.75, 3.05) is 6.54 Å². The van der Waals surface area contributed by atoms with Gasteiger partial charge in [0.1, 0.15) is 0 Å². The van der Waals surface area contributed by atoms with Gasteiger partial charge in [0.15, 0.2) is 0 Å². The summed E-state index contributed by atoms with van der Waals surface area (Å²) in [5.41, 5.74) is 1.13. The first-order valence-electron chi connectivity index (χ1n) is 5.83. The van der Waals surface area contributed by atoms with Crippen molar-refractivity contribution in [2.45, 2.75) is 18.8 Å².